The first kappa shape index (κ1) is 20.7. The summed E-state index contributed by atoms with van der Waals surface area (Å²) in [6.07, 6.45) is 6.54. The van der Waals surface area contributed by atoms with Gasteiger partial charge in [-0.3, -0.25) is 4.79 Å². The molecule has 3 heterocycles. The lowest BCUT2D eigenvalue weighted by atomic mass is 9.99. The fraction of sp³-hybridized carbons (Fsp3) is 0.200. The first-order valence-electron chi connectivity index (χ1n) is 10.9. The van der Waals surface area contributed by atoms with Crippen molar-refractivity contribution in [3.05, 3.63) is 84.8 Å². The number of para-hydroxylation sites is 1. The summed E-state index contributed by atoms with van der Waals surface area (Å²) in [5, 5.41) is 8.38. The van der Waals surface area contributed by atoms with Gasteiger partial charge in [-0.1, -0.05) is 42.5 Å². The van der Waals surface area contributed by atoms with Crippen LogP contribution in [0.15, 0.2) is 84.2 Å². The zero-order valence-corrected chi connectivity index (χ0v) is 18.2. The van der Waals surface area contributed by atoms with E-state index in [1.807, 2.05) is 72.5 Å². The molecule has 0 bridgehead atoms. The summed E-state index contributed by atoms with van der Waals surface area (Å²) in [5.74, 6) is 0.343. The molecule has 0 spiro atoms. The van der Waals surface area contributed by atoms with Gasteiger partial charge in [-0.25, -0.2) is 15.0 Å². The normalized spacial score (nSPS) is 17.3. The van der Waals surface area contributed by atoms with Crippen LogP contribution >= 0.6 is 0 Å². The van der Waals surface area contributed by atoms with E-state index in [1.165, 1.54) is 4.80 Å². The van der Waals surface area contributed by atoms with Crippen molar-refractivity contribution in [2.24, 2.45) is 4.99 Å². The standard InChI is InChI=1S/C25H23N7O/c1-18-21(29-25-26-14-13-22(30-25)19-8-3-2-4-9-19)11-7-17-31(18)24(33)20-10-5-6-12-23(20)32-27-15-16-28-32/h2-6,8-10,12-16,18H,7,11,17H2,1H3/t18-/m0/s1. The van der Waals surface area contributed by atoms with Crippen molar-refractivity contribution in [1.29, 1.82) is 0 Å². The number of amides is 1. The van der Waals surface area contributed by atoms with Crippen molar-refractivity contribution in [1.82, 2.24) is 29.9 Å². The van der Waals surface area contributed by atoms with Crippen molar-refractivity contribution in [2.45, 2.75) is 25.8 Å². The molecular formula is C25H23N7O. The lowest BCUT2D eigenvalue weighted by molar-refractivity contribution is 0.0719. The second-order valence-electron chi connectivity index (χ2n) is 7.82. The molecule has 164 valence electrons. The van der Waals surface area contributed by atoms with Crippen LogP contribution in [0.2, 0.25) is 0 Å². The molecule has 1 saturated heterocycles. The Morgan fingerprint density at radius 3 is 2.55 bits per heavy atom. The molecule has 8 heteroatoms. The van der Waals surface area contributed by atoms with E-state index >= 15 is 0 Å². The Balaban J connectivity index is 1.42. The number of hydrogen-bond acceptors (Lipinski definition) is 6. The third-order valence-corrected chi connectivity index (χ3v) is 5.77. The maximum absolute atomic E-state index is 13.5. The van der Waals surface area contributed by atoms with E-state index in [0.29, 0.717) is 23.7 Å². The van der Waals surface area contributed by atoms with Gasteiger partial charge in [-0.2, -0.15) is 15.0 Å². The smallest absolute Gasteiger partial charge is 0.256 e. The average Bonchev–Trinajstić information content (AvgIpc) is 3.41. The second-order valence-corrected chi connectivity index (χ2v) is 7.82. The molecule has 33 heavy (non-hydrogen) atoms. The highest BCUT2D eigenvalue weighted by atomic mass is 16.2. The zero-order valence-electron chi connectivity index (χ0n) is 18.2. The SMILES string of the molecule is C[C@H]1C(=Nc2nccc(-c3ccccc3)n2)CCCN1C(=O)c1ccccc1-n1nccn1. The molecule has 0 unspecified atom stereocenters. The van der Waals surface area contributed by atoms with Crippen LogP contribution in [0.3, 0.4) is 0 Å². The number of benzene rings is 2. The Morgan fingerprint density at radius 2 is 1.73 bits per heavy atom. The molecule has 0 saturated carbocycles. The highest BCUT2D eigenvalue weighted by Crippen LogP contribution is 2.24. The van der Waals surface area contributed by atoms with Crippen LogP contribution in [0.5, 0.6) is 0 Å². The molecule has 8 nitrogen and oxygen atoms in total. The van der Waals surface area contributed by atoms with E-state index in [0.717, 1.165) is 29.8 Å². The molecule has 0 N–H and O–H groups in total. The number of aromatic nitrogens is 5. The summed E-state index contributed by atoms with van der Waals surface area (Å²) in [4.78, 5) is 30.6. The molecule has 2 aromatic carbocycles. The summed E-state index contributed by atoms with van der Waals surface area (Å²) in [6, 6.07) is 19.0. The number of carbonyl (C=O) groups is 1. The summed E-state index contributed by atoms with van der Waals surface area (Å²) in [6.45, 7) is 2.66. The van der Waals surface area contributed by atoms with E-state index in [-0.39, 0.29) is 11.9 Å². The number of aliphatic imine (C=N–C) groups is 1. The van der Waals surface area contributed by atoms with Gasteiger partial charge >= 0.3 is 0 Å². The Bertz CT molecular complexity index is 1290. The Hall–Kier alpha value is -4.20. The van der Waals surface area contributed by atoms with Crippen LogP contribution in [-0.4, -0.2) is 54.1 Å². The van der Waals surface area contributed by atoms with Gasteiger partial charge < -0.3 is 4.90 Å². The van der Waals surface area contributed by atoms with E-state index in [4.69, 9.17) is 4.99 Å². The van der Waals surface area contributed by atoms with Crippen molar-refractivity contribution in [3.63, 3.8) is 0 Å². The molecule has 1 fully saturated rings. The topological polar surface area (TPSA) is 89.2 Å². The highest BCUT2D eigenvalue weighted by Gasteiger charge is 2.30. The quantitative estimate of drug-likeness (QED) is 0.479. The van der Waals surface area contributed by atoms with Crippen LogP contribution < -0.4 is 0 Å². The fourth-order valence-corrected chi connectivity index (χ4v) is 4.06. The summed E-state index contributed by atoms with van der Waals surface area (Å²) in [5.41, 5.74) is 3.95. The minimum absolute atomic E-state index is 0.0678. The molecule has 1 aliphatic heterocycles. The van der Waals surface area contributed by atoms with Crippen LogP contribution in [0.1, 0.15) is 30.1 Å². The number of nitrogens with zero attached hydrogens (tertiary/aromatic N) is 7. The molecule has 5 rings (SSSR count). The Morgan fingerprint density at radius 1 is 0.970 bits per heavy atom. The van der Waals surface area contributed by atoms with Crippen LogP contribution in [0, 0.1) is 0 Å². The predicted molar refractivity (Wildman–Crippen MR) is 126 cm³/mol. The zero-order chi connectivity index (χ0) is 22.6. The van der Waals surface area contributed by atoms with Gasteiger partial charge in [0.1, 0.15) is 0 Å². The number of likely N-dealkylation sites (tertiary alicyclic amines) is 1. The average molecular weight is 438 g/mol. The van der Waals surface area contributed by atoms with E-state index < -0.39 is 0 Å². The van der Waals surface area contributed by atoms with E-state index in [1.54, 1.807) is 18.6 Å². The van der Waals surface area contributed by atoms with Crippen LogP contribution in [-0.2, 0) is 0 Å². The molecule has 0 radical (unpaired) electrons. The first-order chi connectivity index (χ1) is 16.2. The van der Waals surface area contributed by atoms with Gasteiger partial charge in [0.05, 0.1) is 35.4 Å². The maximum atomic E-state index is 13.5. The lowest BCUT2D eigenvalue weighted by Gasteiger charge is -2.34. The van der Waals surface area contributed by atoms with Crippen molar-refractivity contribution < 1.29 is 4.79 Å². The van der Waals surface area contributed by atoms with E-state index in [9.17, 15) is 4.79 Å². The van der Waals surface area contributed by atoms with Crippen molar-refractivity contribution in [3.8, 4) is 16.9 Å². The first-order valence-corrected chi connectivity index (χ1v) is 10.9. The molecule has 0 aliphatic carbocycles. The van der Waals surface area contributed by atoms with Gasteiger partial charge in [0.15, 0.2) is 0 Å². The van der Waals surface area contributed by atoms with Crippen LogP contribution in [0.4, 0.5) is 5.95 Å². The summed E-state index contributed by atoms with van der Waals surface area (Å²) >= 11 is 0. The minimum atomic E-state index is -0.172. The van der Waals surface area contributed by atoms with Crippen molar-refractivity contribution in [2.75, 3.05) is 6.54 Å². The molecule has 1 atom stereocenters. The number of hydrogen-bond donors (Lipinski definition) is 0. The van der Waals surface area contributed by atoms with Gasteiger partial charge in [-0.15, -0.1) is 0 Å². The summed E-state index contributed by atoms with van der Waals surface area (Å²) in [7, 11) is 0. The largest absolute Gasteiger partial charge is 0.331 e. The molecule has 1 aliphatic rings. The Labute approximate surface area is 191 Å². The lowest BCUT2D eigenvalue weighted by Crippen LogP contribution is -2.47. The molecule has 4 aromatic rings. The van der Waals surface area contributed by atoms with Gasteiger partial charge in [0.2, 0.25) is 5.95 Å². The second kappa shape index (κ2) is 9.12. The van der Waals surface area contributed by atoms with Gasteiger partial charge in [-0.05, 0) is 38.0 Å². The predicted octanol–water partition coefficient (Wildman–Crippen LogP) is 4.12. The summed E-state index contributed by atoms with van der Waals surface area (Å²) < 4.78 is 0. The third kappa shape index (κ3) is 4.27. The number of carbonyl (C=O) groups excluding carboxylic acids is 1. The minimum Gasteiger partial charge on any atom is -0.331 e. The highest BCUT2D eigenvalue weighted by molar-refractivity contribution is 6.02. The Kier molecular flexibility index (Phi) is 5.72. The van der Waals surface area contributed by atoms with Gasteiger partial charge in [0, 0.05) is 24.0 Å². The number of rotatable bonds is 4. The van der Waals surface area contributed by atoms with Crippen molar-refractivity contribution >= 4 is 17.6 Å². The monoisotopic (exact) mass is 437 g/mol. The molecular weight excluding hydrogens is 414 g/mol. The van der Waals surface area contributed by atoms with E-state index in [2.05, 4.69) is 20.2 Å². The number of piperidine rings is 1. The molecule has 1 amide bonds. The maximum Gasteiger partial charge on any atom is 0.256 e. The fourth-order valence-electron chi connectivity index (χ4n) is 4.06. The van der Waals surface area contributed by atoms with Gasteiger partial charge in [0.25, 0.3) is 5.91 Å². The van der Waals surface area contributed by atoms with Crippen LogP contribution in [0.25, 0.3) is 16.9 Å². The third-order valence-electron chi connectivity index (χ3n) is 5.77. The molecule has 2 aromatic heterocycles.